The molecule has 0 saturated carbocycles. The molecule has 1 aliphatic heterocycles. The second kappa shape index (κ2) is 5.64. The van der Waals surface area contributed by atoms with Crippen molar-refractivity contribution >= 4 is 26.6 Å². The van der Waals surface area contributed by atoms with E-state index in [1.165, 1.54) is 0 Å². The normalized spacial score (nSPS) is 18.5. The molecule has 0 aromatic heterocycles. The van der Waals surface area contributed by atoms with Gasteiger partial charge in [-0.05, 0) is 0 Å². The monoisotopic (exact) mass is 482 g/mol. The van der Waals surface area contributed by atoms with Gasteiger partial charge in [0.05, 0.1) is 0 Å². The van der Waals surface area contributed by atoms with Crippen LogP contribution in [0.4, 0.5) is 39.5 Å². The first-order chi connectivity index (χ1) is 10.7. The minimum absolute atomic E-state index is 0.461. The summed E-state index contributed by atoms with van der Waals surface area (Å²) in [7, 11) is 0. The van der Waals surface area contributed by atoms with Crippen LogP contribution in [0.3, 0.4) is 0 Å². The van der Waals surface area contributed by atoms with Crippen molar-refractivity contribution in [3.8, 4) is 0 Å². The molecule has 136 valence electrons. The molecule has 1 heterocycles. The molecule has 0 saturated heterocycles. The standard InChI is InChI=1S/C11H4F9IO3/c1-3(22)23-21-8-6(4(12)2-5(13)7(8)14)9(24-21,10(15,16)17)11(18,19)20/h2H,1H3. The third-order valence-electron chi connectivity index (χ3n) is 2.78. The number of fused-ring (bicyclic) bond motifs is 1. The van der Waals surface area contributed by atoms with Crippen LogP contribution < -0.4 is 0 Å². The van der Waals surface area contributed by atoms with Gasteiger partial charge in [0, 0.05) is 0 Å². The third-order valence-corrected chi connectivity index (χ3v) is 6.76. The van der Waals surface area contributed by atoms with E-state index >= 15 is 0 Å². The number of rotatable bonds is 1. The van der Waals surface area contributed by atoms with Crippen LogP contribution in [0.1, 0.15) is 12.5 Å². The zero-order valence-electron chi connectivity index (χ0n) is 11.1. The average molecular weight is 482 g/mol. The molecule has 0 radical (unpaired) electrons. The van der Waals surface area contributed by atoms with Crippen molar-refractivity contribution in [2.75, 3.05) is 0 Å². The average Bonchev–Trinajstić information content (AvgIpc) is 2.71. The van der Waals surface area contributed by atoms with Crippen molar-refractivity contribution in [3.05, 3.63) is 32.7 Å². The molecule has 0 N–H and O–H groups in total. The Morgan fingerprint density at radius 3 is 2.00 bits per heavy atom. The number of hydrogen-bond donors (Lipinski definition) is 0. The Morgan fingerprint density at radius 2 is 1.58 bits per heavy atom. The van der Waals surface area contributed by atoms with E-state index in [4.69, 9.17) is 0 Å². The van der Waals surface area contributed by atoms with Gasteiger partial charge in [-0.2, -0.15) is 0 Å². The van der Waals surface area contributed by atoms with E-state index in [9.17, 15) is 44.3 Å². The van der Waals surface area contributed by atoms with Gasteiger partial charge in [0.25, 0.3) is 0 Å². The number of halogens is 10. The molecular weight excluding hydrogens is 478 g/mol. The third kappa shape index (κ3) is 2.60. The summed E-state index contributed by atoms with van der Waals surface area (Å²) in [5, 5.41) is 0. The van der Waals surface area contributed by atoms with Crippen LogP contribution in [0, 0.1) is 21.0 Å². The summed E-state index contributed by atoms with van der Waals surface area (Å²) >= 11 is -4.81. The molecule has 0 atom stereocenters. The maximum atomic E-state index is 13.8. The van der Waals surface area contributed by atoms with E-state index in [0.29, 0.717) is 6.92 Å². The maximum absolute atomic E-state index is 13.8. The van der Waals surface area contributed by atoms with Crippen molar-refractivity contribution in [3.63, 3.8) is 0 Å². The Labute approximate surface area is 135 Å². The van der Waals surface area contributed by atoms with Crippen molar-refractivity contribution in [1.29, 1.82) is 0 Å². The van der Waals surface area contributed by atoms with Crippen molar-refractivity contribution in [2.24, 2.45) is 0 Å². The number of carbonyl (C=O) groups excluding carboxylic acids is 1. The molecular formula is C11H4F9IO3. The van der Waals surface area contributed by atoms with Crippen molar-refractivity contribution in [2.45, 2.75) is 24.9 Å². The number of benzene rings is 1. The number of hydrogen-bond acceptors (Lipinski definition) is 3. The van der Waals surface area contributed by atoms with Gasteiger partial charge in [0.1, 0.15) is 0 Å². The molecule has 0 fully saturated rings. The van der Waals surface area contributed by atoms with Crippen molar-refractivity contribution < 1.29 is 50.4 Å². The van der Waals surface area contributed by atoms with Gasteiger partial charge in [-0.15, -0.1) is 0 Å². The summed E-state index contributed by atoms with van der Waals surface area (Å²) in [6.07, 6.45) is -12.6. The van der Waals surface area contributed by atoms with E-state index < -0.39 is 77.2 Å². The molecule has 3 nitrogen and oxygen atoms in total. The predicted molar refractivity (Wildman–Crippen MR) is 65.7 cm³/mol. The molecule has 1 aliphatic rings. The van der Waals surface area contributed by atoms with Gasteiger partial charge >= 0.3 is 135 Å². The number of alkyl halides is 6. The van der Waals surface area contributed by atoms with E-state index in [-0.39, 0.29) is 0 Å². The van der Waals surface area contributed by atoms with Crippen LogP contribution in [0.2, 0.25) is 0 Å². The molecule has 0 spiro atoms. The van der Waals surface area contributed by atoms with Crippen LogP contribution in [-0.2, 0) is 16.5 Å². The summed E-state index contributed by atoms with van der Waals surface area (Å²) < 4.78 is 126. The Balaban J connectivity index is 2.91. The van der Waals surface area contributed by atoms with Crippen LogP contribution in [-0.4, -0.2) is 18.3 Å². The zero-order valence-corrected chi connectivity index (χ0v) is 13.2. The fourth-order valence-electron chi connectivity index (χ4n) is 1.90. The topological polar surface area (TPSA) is 35.5 Å². The summed E-state index contributed by atoms with van der Waals surface area (Å²) in [4.78, 5) is 10.9. The summed E-state index contributed by atoms with van der Waals surface area (Å²) in [5.41, 5.74) is -7.53. The fraction of sp³-hybridized carbons (Fsp3) is 0.364. The predicted octanol–water partition coefficient (Wildman–Crippen LogP) is 4.52. The molecule has 0 bridgehead atoms. The van der Waals surface area contributed by atoms with Crippen LogP contribution in [0.5, 0.6) is 0 Å². The van der Waals surface area contributed by atoms with Crippen LogP contribution in [0.25, 0.3) is 0 Å². The molecule has 0 amide bonds. The summed E-state index contributed by atoms with van der Waals surface area (Å²) in [6, 6.07) is -0.461. The van der Waals surface area contributed by atoms with E-state index in [1.54, 1.807) is 0 Å². The second-order valence-electron chi connectivity index (χ2n) is 4.38. The minimum atomic E-state index is -6.28. The summed E-state index contributed by atoms with van der Waals surface area (Å²) in [6.45, 7) is 0.606. The Hall–Kier alpha value is -1.25. The van der Waals surface area contributed by atoms with Crippen molar-refractivity contribution in [1.82, 2.24) is 0 Å². The van der Waals surface area contributed by atoms with E-state index in [2.05, 4.69) is 6.13 Å². The van der Waals surface area contributed by atoms with Crippen LogP contribution in [0.15, 0.2) is 6.07 Å². The first-order valence-corrected chi connectivity index (χ1v) is 8.48. The summed E-state index contributed by atoms with van der Waals surface area (Å²) in [5.74, 6) is -7.93. The molecule has 2 rings (SSSR count). The van der Waals surface area contributed by atoms with Gasteiger partial charge in [-0.25, -0.2) is 0 Å². The first-order valence-electron chi connectivity index (χ1n) is 5.64. The molecule has 1 aromatic rings. The molecule has 0 unspecified atom stereocenters. The van der Waals surface area contributed by atoms with Gasteiger partial charge in [0.2, 0.25) is 0 Å². The molecule has 1 aromatic carbocycles. The van der Waals surface area contributed by atoms with Gasteiger partial charge < -0.3 is 0 Å². The molecule has 24 heavy (non-hydrogen) atoms. The Morgan fingerprint density at radius 1 is 1.08 bits per heavy atom. The van der Waals surface area contributed by atoms with E-state index in [1.807, 2.05) is 0 Å². The van der Waals surface area contributed by atoms with Crippen LogP contribution >= 0.6 is 20.6 Å². The quantitative estimate of drug-likeness (QED) is 0.256. The van der Waals surface area contributed by atoms with E-state index in [0.717, 1.165) is 0 Å². The molecule has 0 aliphatic carbocycles. The van der Waals surface area contributed by atoms with Gasteiger partial charge in [0.15, 0.2) is 0 Å². The van der Waals surface area contributed by atoms with Gasteiger partial charge in [-0.3, -0.25) is 0 Å². The fourth-order valence-corrected chi connectivity index (χ4v) is 6.04. The SMILES string of the molecule is CC(=O)OI1OC(C(F)(F)F)(C(F)(F)F)c2c(F)cc(F)c(F)c21. The zero-order chi connectivity index (χ0) is 18.7. The Kier molecular flexibility index (Phi) is 4.48. The number of carbonyl (C=O) groups is 1. The first kappa shape index (κ1) is 19.1. The second-order valence-corrected chi connectivity index (χ2v) is 7.58. The molecule has 13 heteroatoms. The Bertz CT molecular complexity index is 683. The van der Waals surface area contributed by atoms with Gasteiger partial charge in [-0.1, -0.05) is 0 Å².